The van der Waals surface area contributed by atoms with Crippen LogP contribution in [0, 0.1) is 5.92 Å². The first-order valence-corrected chi connectivity index (χ1v) is 8.84. The fraction of sp³-hybridized carbons (Fsp3) is 0.400. The highest BCUT2D eigenvalue weighted by Gasteiger charge is 2.24. The van der Waals surface area contributed by atoms with E-state index in [0.717, 1.165) is 5.56 Å². The monoisotopic (exact) mass is 392 g/mol. The molecule has 0 aliphatic rings. The van der Waals surface area contributed by atoms with Gasteiger partial charge in [0.2, 0.25) is 0 Å². The Balaban J connectivity index is 2.26. The van der Waals surface area contributed by atoms with E-state index in [9.17, 15) is 19.2 Å². The SMILES string of the molecule is COC(=O)/C=C/c1ccc(C(=O)OCCCCCCC(C(=O)O)C(=O)O)cc1. The maximum atomic E-state index is 12.0. The second-order valence-corrected chi connectivity index (χ2v) is 6.05. The van der Waals surface area contributed by atoms with Crippen LogP contribution in [0.4, 0.5) is 0 Å². The first-order chi connectivity index (χ1) is 13.3. The highest BCUT2D eigenvalue weighted by atomic mass is 16.5. The first kappa shape index (κ1) is 22.9. The molecule has 0 atom stereocenters. The van der Waals surface area contributed by atoms with Crippen molar-refractivity contribution in [1.29, 1.82) is 0 Å². The highest BCUT2D eigenvalue weighted by molar-refractivity contribution is 5.92. The van der Waals surface area contributed by atoms with E-state index >= 15 is 0 Å². The van der Waals surface area contributed by atoms with Crippen LogP contribution in [0.2, 0.25) is 0 Å². The van der Waals surface area contributed by atoms with Crippen LogP contribution in [-0.4, -0.2) is 47.8 Å². The van der Waals surface area contributed by atoms with Crippen LogP contribution < -0.4 is 0 Å². The summed E-state index contributed by atoms with van der Waals surface area (Å²) < 4.78 is 9.66. The molecule has 28 heavy (non-hydrogen) atoms. The summed E-state index contributed by atoms with van der Waals surface area (Å²) in [5, 5.41) is 17.5. The van der Waals surface area contributed by atoms with Gasteiger partial charge < -0.3 is 19.7 Å². The fourth-order valence-electron chi connectivity index (χ4n) is 2.37. The first-order valence-electron chi connectivity index (χ1n) is 8.84. The normalized spacial score (nSPS) is 10.8. The Bertz CT molecular complexity index is 691. The lowest BCUT2D eigenvalue weighted by molar-refractivity contribution is -0.154. The smallest absolute Gasteiger partial charge is 0.338 e. The molecule has 1 aromatic rings. The van der Waals surface area contributed by atoms with Crippen molar-refractivity contribution in [2.75, 3.05) is 13.7 Å². The number of esters is 2. The molecule has 2 N–H and O–H groups in total. The van der Waals surface area contributed by atoms with E-state index in [4.69, 9.17) is 14.9 Å². The molecular formula is C20H24O8. The summed E-state index contributed by atoms with van der Waals surface area (Å²) >= 11 is 0. The number of carboxylic acids is 2. The number of aliphatic carboxylic acids is 2. The second kappa shape index (κ2) is 12.3. The van der Waals surface area contributed by atoms with Gasteiger partial charge in [-0.15, -0.1) is 0 Å². The van der Waals surface area contributed by atoms with Gasteiger partial charge >= 0.3 is 23.9 Å². The molecule has 1 aromatic carbocycles. The minimum absolute atomic E-state index is 0.0846. The van der Waals surface area contributed by atoms with Gasteiger partial charge in [0.1, 0.15) is 0 Å². The molecule has 0 aliphatic heterocycles. The van der Waals surface area contributed by atoms with Gasteiger partial charge in [0.05, 0.1) is 19.3 Å². The van der Waals surface area contributed by atoms with Crippen molar-refractivity contribution < 1.29 is 38.9 Å². The van der Waals surface area contributed by atoms with Gasteiger partial charge in [0, 0.05) is 6.08 Å². The van der Waals surface area contributed by atoms with E-state index in [-0.39, 0.29) is 13.0 Å². The molecule has 152 valence electrons. The molecule has 0 bridgehead atoms. The molecule has 1 rings (SSSR count). The predicted molar refractivity (Wildman–Crippen MR) is 99.6 cm³/mol. The molecule has 0 fully saturated rings. The number of benzene rings is 1. The summed E-state index contributed by atoms with van der Waals surface area (Å²) in [6, 6.07) is 6.54. The molecule has 0 heterocycles. The Labute approximate surface area is 162 Å². The van der Waals surface area contributed by atoms with Gasteiger partial charge in [0.25, 0.3) is 0 Å². The standard InChI is InChI=1S/C20H24O8/c1-27-17(21)12-9-14-7-10-15(11-8-14)20(26)28-13-5-3-2-4-6-16(18(22)23)19(24)25/h7-12,16H,2-6,13H2,1H3,(H,22,23)(H,24,25)/b12-9+. The Morgan fingerprint density at radius 3 is 2.14 bits per heavy atom. The van der Waals surface area contributed by atoms with Crippen LogP contribution in [0.15, 0.2) is 30.3 Å². The van der Waals surface area contributed by atoms with E-state index in [2.05, 4.69) is 4.74 Å². The second-order valence-electron chi connectivity index (χ2n) is 6.05. The van der Waals surface area contributed by atoms with Crippen molar-refractivity contribution in [3.05, 3.63) is 41.5 Å². The van der Waals surface area contributed by atoms with Crippen LogP contribution in [0.1, 0.15) is 48.0 Å². The number of carbonyl (C=O) groups is 4. The van der Waals surface area contributed by atoms with E-state index in [1.165, 1.54) is 13.2 Å². The average molecular weight is 392 g/mol. The number of carbonyl (C=O) groups excluding carboxylic acids is 2. The van der Waals surface area contributed by atoms with Crippen LogP contribution in [0.25, 0.3) is 6.08 Å². The molecular weight excluding hydrogens is 368 g/mol. The highest BCUT2D eigenvalue weighted by Crippen LogP contribution is 2.12. The molecule has 0 saturated heterocycles. The number of unbranched alkanes of at least 4 members (excludes halogenated alkanes) is 3. The summed E-state index contributed by atoms with van der Waals surface area (Å²) in [4.78, 5) is 44.5. The Kier molecular flexibility index (Phi) is 10.0. The van der Waals surface area contributed by atoms with E-state index < -0.39 is 29.8 Å². The zero-order valence-electron chi connectivity index (χ0n) is 15.6. The van der Waals surface area contributed by atoms with Crippen LogP contribution in [0.5, 0.6) is 0 Å². The van der Waals surface area contributed by atoms with Crippen molar-refractivity contribution >= 4 is 30.0 Å². The number of ether oxygens (including phenoxy) is 2. The third-order valence-corrected chi connectivity index (χ3v) is 3.98. The number of methoxy groups -OCH3 is 1. The topological polar surface area (TPSA) is 127 Å². The van der Waals surface area contributed by atoms with Crippen LogP contribution in [0.3, 0.4) is 0 Å². The minimum Gasteiger partial charge on any atom is -0.481 e. The molecule has 0 aliphatic carbocycles. The van der Waals surface area contributed by atoms with Gasteiger partial charge in [-0.2, -0.15) is 0 Å². The van der Waals surface area contributed by atoms with Gasteiger partial charge in [-0.05, 0) is 36.6 Å². The summed E-state index contributed by atoms with van der Waals surface area (Å²) in [5.74, 6) is -4.95. The summed E-state index contributed by atoms with van der Waals surface area (Å²) in [5.41, 5.74) is 1.13. The Morgan fingerprint density at radius 2 is 1.57 bits per heavy atom. The lowest BCUT2D eigenvalue weighted by Gasteiger charge is -2.07. The zero-order chi connectivity index (χ0) is 20.9. The zero-order valence-corrected chi connectivity index (χ0v) is 15.6. The summed E-state index contributed by atoms with van der Waals surface area (Å²) in [6.07, 6.45) is 5.39. The molecule has 0 spiro atoms. The van der Waals surface area contributed by atoms with E-state index in [1.807, 2.05) is 0 Å². The number of carboxylic acid groups (broad SMARTS) is 2. The lowest BCUT2D eigenvalue weighted by atomic mass is 10.0. The largest absolute Gasteiger partial charge is 0.481 e. The van der Waals surface area contributed by atoms with Gasteiger partial charge in [-0.3, -0.25) is 9.59 Å². The van der Waals surface area contributed by atoms with E-state index in [0.29, 0.717) is 31.2 Å². The maximum absolute atomic E-state index is 12.0. The molecule has 0 saturated carbocycles. The summed E-state index contributed by atoms with van der Waals surface area (Å²) in [7, 11) is 1.29. The van der Waals surface area contributed by atoms with Crippen molar-refractivity contribution in [2.24, 2.45) is 5.92 Å². The molecule has 0 radical (unpaired) electrons. The number of hydrogen-bond acceptors (Lipinski definition) is 6. The van der Waals surface area contributed by atoms with Crippen molar-refractivity contribution in [1.82, 2.24) is 0 Å². The van der Waals surface area contributed by atoms with Crippen molar-refractivity contribution in [3.63, 3.8) is 0 Å². The number of rotatable bonds is 12. The molecule has 8 nitrogen and oxygen atoms in total. The molecule has 0 amide bonds. The predicted octanol–water partition coefficient (Wildman–Crippen LogP) is 2.77. The molecule has 0 unspecified atom stereocenters. The van der Waals surface area contributed by atoms with E-state index in [1.54, 1.807) is 30.3 Å². The van der Waals surface area contributed by atoms with Gasteiger partial charge in [-0.1, -0.05) is 31.4 Å². The van der Waals surface area contributed by atoms with Gasteiger partial charge in [-0.25, -0.2) is 9.59 Å². The lowest BCUT2D eigenvalue weighted by Crippen LogP contribution is -2.23. The van der Waals surface area contributed by atoms with Gasteiger partial charge in [0.15, 0.2) is 5.92 Å². The third kappa shape index (κ3) is 8.48. The molecule has 0 aromatic heterocycles. The molecule has 8 heteroatoms. The van der Waals surface area contributed by atoms with Crippen molar-refractivity contribution in [2.45, 2.75) is 32.1 Å². The average Bonchev–Trinajstić information content (AvgIpc) is 2.67. The quantitative estimate of drug-likeness (QED) is 0.241. The minimum atomic E-state index is -1.37. The van der Waals surface area contributed by atoms with Crippen LogP contribution in [-0.2, 0) is 23.9 Å². The Morgan fingerprint density at radius 1 is 0.964 bits per heavy atom. The maximum Gasteiger partial charge on any atom is 0.338 e. The third-order valence-electron chi connectivity index (χ3n) is 3.98. The van der Waals surface area contributed by atoms with Crippen LogP contribution >= 0.6 is 0 Å². The number of hydrogen-bond donors (Lipinski definition) is 2. The summed E-state index contributed by atoms with van der Waals surface area (Å²) in [6.45, 7) is 0.226. The fourth-order valence-corrected chi connectivity index (χ4v) is 2.37. The Hall–Kier alpha value is -3.16. The van der Waals surface area contributed by atoms with Crippen molar-refractivity contribution in [3.8, 4) is 0 Å².